The van der Waals surface area contributed by atoms with Gasteiger partial charge in [0.05, 0.1) is 0 Å². The summed E-state index contributed by atoms with van der Waals surface area (Å²) in [5, 5.41) is 2.48. The van der Waals surface area contributed by atoms with Crippen LogP contribution in [0.15, 0.2) is 139 Å². The van der Waals surface area contributed by atoms with Gasteiger partial charge in [-0.25, -0.2) is 4.39 Å². The average Bonchev–Trinajstić information content (AvgIpc) is 3.08. The fraction of sp³-hybridized carbons (Fsp3) is 0.190. The van der Waals surface area contributed by atoms with Gasteiger partial charge in [0.25, 0.3) is 0 Å². The summed E-state index contributed by atoms with van der Waals surface area (Å²) in [5.74, 6) is -0.189. The lowest BCUT2D eigenvalue weighted by Crippen LogP contribution is -2.21. The van der Waals surface area contributed by atoms with Gasteiger partial charge in [0, 0.05) is 22.5 Å². The molecule has 1 unspecified atom stereocenters. The van der Waals surface area contributed by atoms with E-state index < -0.39 is 0 Å². The number of aryl methyl sites for hydroxylation is 1. The molecule has 1 nitrogen and oxygen atoms in total. The molecule has 5 aromatic carbocycles. The maximum atomic E-state index is 13.3. The number of nitrogens with zero attached hydrogens (tertiary/aromatic N) is 1. The number of hydrogen-bond acceptors (Lipinski definition) is 1. The molecule has 0 saturated carbocycles. The van der Waals surface area contributed by atoms with Crippen LogP contribution in [-0.4, -0.2) is 0 Å². The molecule has 0 radical (unpaired) electrons. The Morgan fingerprint density at radius 3 is 2.18 bits per heavy atom. The van der Waals surface area contributed by atoms with Gasteiger partial charge in [-0.05, 0) is 113 Å². The number of rotatable bonds is 6. The van der Waals surface area contributed by atoms with Crippen molar-refractivity contribution < 1.29 is 4.39 Å². The zero-order valence-electron chi connectivity index (χ0n) is 25.9. The van der Waals surface area contributed by atoms with Crippen molar-refractivity contribution in [2.45, 2.75) is 51.9 Å². The van der Waals surface area contributed by atoms with E-state index in [2.05, 4.69) is 127 Å². The number of anilines is 3. The van der Waals surface area contributed by atoms with E-state index in [0.717, 1.165) is 42.6 Å². The Kier molecular flexibility index (Phi) is 8.61. The molecule has 0 N–H and O–H groups in total. The molecule has 0 amide bonds. The van der Waals surface area contributed by atoms with Gasteiger partial charge in [0.15, 0.2) is 0 Å². The first-order chi connectivity index (χ1) is 21.5. The van der Waals surface area contributed by atoms with Crippen molar-refractivity contribution in [3.8, 4) is 0 Å². The highest BCUT2D eigenvalue weighted by atomic mass is 19.1. The molecule has 0 aromatic heterocycles. The van der Waals surface area contributed by atoms with Crippen molar-refractivity contribution in [2.24, 2.45) is 0 Å². The molecule has 2 heteroatoms. The van der Waals surface area contributed by atoms with E-state index >= 15 is 0 Å². The molecule has 2 aliphatic rings. The second-order valence-corrected chi connectivity index (χ2v) is 11.8. The van der Waals surface area contributed by atoms with Crippen LogP contribution in [0.2, 0.25) is 0 Å². The molecule has 2 aliphatic carbocycles. The van der Waals surface area contributed by atoms with Crippen molar-refractivity contribution in [1.82, 2.24) is 0 Å². The van der Waals surface area contributed by atoms with Gasteiger partial charge in [0.1, 0.15) is 5.82 Å². The summed E-state index contributed by atoms with van der Waals surface area (Å²) in [6.07, 6.45) is 15.4. The lowest BCUT2D eigenvalue weighted by molar-refractivity contribution is 0.595. The fourth-order valence-corrected chi connectivity index (χ4v) is 6.26. The molecule has 0 fully saturated rings. The molecule has 220 valence electrons. The van der Waals surface area contributed by atoms with Crippen LogP contribution in [0.4, 0.5) is 21.5 Å². The third-order valence-electron chi connectivity index (χ3n) is 8.82. The number of benzene rings is 5. The van der Waals surface area contributed by atoms with Crippen LogP contribution in [0.1, 0.15) is 55.9 Å². The van der Waals surface area contributed by atoms with E-state index in [1.54, 1.807) is 0 Å². The zero-order chi connectivity index (χ0) is 30.5. The largest absolute Gasteiger partial charge is 0.310 e. The molecular weight excluding hydrogens is 537 g/mol. The van der Waals surface area contributed by atoms with Gasteiger partial charge in [-0.15, -0.1) is 0 Å². The van der Waals surface area contributed by atoms with E-state index in [1.807, 2.05) is 26.0 Å². The van der Waals surface area contributed by atoms with Gasteiger partial charge in [-0.2, -0.15) is 0 Å². The van der Waals surface area contributed by atoms with Crippen LogP contribution in [0.25, 0.3) is 16.8 Å². The number of fused-ring (bicyclic) bond motifs is 2. The SMILES string of the molecule is CC.CC1(c2ccc(N(c3ccc4c(c3)C=CCC4)c3ccc4ccccc4c3)cc2)C=CC(Cc2ccc(F)cc2)=CC1. The number of allylic oxidation sites excluding steroid dienone is 5. The molecule has 5 aromatic rings. The summed E-state index contributed by atoms with van der Waals surface area (Å²) in [4.78, 5) is 2.37. The second kappa shape index (κ2) is 12.9. The third-order valence-corrected chi connectivity index (χ3v) is 8.82. The van der Waals surface area contributed by atoms with Crippen molar-refractivity contribution in [1.29, 1.82) is 0 Å². The van der Waals surface area contributed by atoms with Crippen molar-refractivity contribution in [3.05, 3.63) is 167 Å². The monoisotopic (exact) mass is 577 g/mol. The Labute approximate surface area is 261 Å². The first-order valence-corrected chi connectivity index (χ1v) is 15.9. The van der Waals surface area contributed by atoms with Gasteiger partial charge >= 0.3 is 0 Å². The van der Waals surface area contributed by atoms with Gasteiger partial charge in [-0.1, -0.05) is 112 Å². The van der Waals surface area contributed by atoms with Crippen molar-refractivity contribution in [2.75, 3.05) is 4.90 Å². The summed E-state index contributed by atoms with van der Waals surface area (Å²) in [6.45, 7) is 6.31. The smallest absolute Gasteiger partial charge is 0.123 e. The lowest BCUT2D eigenvalue weighted by atomic mass is 9.75. The standard InChI is InChI=1S/C40H34FN.C2H6/c1-40(24-22-30(23-25-40)26-29-10-16-36(41)17-11-29)35-14-20-37(21-15-35)42(38-18-12-31-6-2-4-8-33(31)27-38)39-19-13-32-7-3-5-9-34(32)28-39;1-2/h2,4-6,8-24,27-28H,3,7,25-26H2,1H3;1-2H3. The molecule has 1 atom stereocenters. The van der Waals surface area contributed by atoms with Crippen molar-refractivity contribution >= 4 is 33.9 Å². The van der Waals surface area contributed by atoms with Crippen molar-refractivity contribution in [3.63, 3.8) is 0 Å². The van der Waals surface area contributed by atoms with E-state index in [1.165, 1.54) is 50.9 Å². The molecule has 0 bridgehead atoms. The van der Waals surface area contributed by atoms with Crippen LogP contribution in [0.3, 0.4) is 0 Å². The normalized spacial score (nSPS) is 17.0. The molecule has 0 saturated heterocycles. The number of hydrogen-bond donors (Lipinski definition) is 0. The number of halogens is 1. The first kappa shape index (κ1) is 29.4. The molecule has 0 aliphatic heterocycles. The lowest BCUT2D eigenvalue weighted by Gasteiger charge is -2.31. The summed E-state index contributed by atoms with van der Waals surface area (Å²) in [6, 6.07) is 38.1. The van der Waals surface area contributed by atoms with Gasteiger partial charge in [0.2, 0.25) is 0 Å². The minimum Gasteiger partial charge on any atom is -0.310 e. The van der Waals surface area contributed by atoms with Gasteiger partial charge in [-0.3, -0.25) is 0 Å². The molecule has 0 heterocycles. The third kappa shape index (κ3) is 6.17. The Morgan fingerprint density at radius 2 is 1.43 bits per heavy atom. The molecular formula is C42H40FN. The minimum atomic E-state index is -0.189. The first-order valence-electron chi connectivity index (χ1n) is 15.9. The fourth-order valence-electron chi connectivity index (χ4n) is 6.26. The molecule has 7 rings (SSSR count). The highest BCUT2D eigenvalue weighted by Crippen LogP contribution is 2.40. The van der Waals surface area contributed by atoms with E-state index in [0.29, 0.717) is 0 Å². The highest BCUT2D eigenvalue weighted by molar-refractivity contribution is 5.89. The van der Waals surface area contributed by atoms with E-state index in [4.69, 9.17) is 0 Å². The Bertz CT molecular complexity index is 1840. The second-order valence-electron chi connectivity index (χ2n) is 11.8. The van der Waals surface area contributed by atoms with Crippen LogP contribution in [0, 0.1) is 5.82 Å². The Balaban J connectivity index is 0.00000168. The van der Waals surface area contributed by atoms with Crippen LogP contribution in [0.5, 0.6) is 0 Å². The van der Waals surface area contributed by atoms with E-state index in [-0.39, 0.29) is 11.2 Å². The summed E-state index contributed by atoms with van der Waals surface area (Å²) in [5.41, 5.74) is 9.82. The van der Waals surface area contributed by atoms with Crippen LogP contribution >= 0.6 is 0 Å². The van der Waals surface area contributed by atoms with Crippen LogP contribution in [-0.2, 0) is 18.3 Å². The summed E-state index contributed by atoms with van der Waals surface area (Å²) < 4.78 is 13.3. The molecule has 0 spiro atoms. The molecule has 44 heavy (non-hydrogen) atoms. The highest BCUT2D eigenvalue weighted by Gasteiger charge is 2.25. The van der Waals surface area contributed by atoms with Gasteiger partial charge < -0.3 is 4.90 Å². The van der Waals surface area contributed by atoms with E-state index in [9.17, 15) is 4.39 Å². The predicted octanol–water partition coefficient (Wildman–Crippen LogP) is 11.8. The summed E-state index contributed by atoms with van der Waals surface area (Å²) in [7, 11) is 0. The Hall–Kier alpha value is -4.69. The predicted molar refractivity (Wildman–Crippen MR) is 187 cm³/mol. The minimum absolute atomic E-state index is 0.0742. The maximum Gasteiger partial charge on any atom is 0.123 e. The average molecular weight is 578 g/mol. The zero-order valence-corrected chi connectivity index (χ0v) is 25.9. The maximum absolute atomic E-state index is 13.3. The quantitative estimate of drug-likeness (QED) is 0.194. The van der Waals surface area contributed by atoms with Crippen LogP contribution < -0.4 is 4.90 Å². The summed E-state index contributed by atoms with van der Waals surface area (Å²) >= 11 is 0. The topological polar surface area (TPSA) is 3.24 Å². The Morgan fingerprint density at radius 1 is 0.727 bits per heavy atom.